The number of hydrogen-bond donors (Lipinski definition) is 1. The number of aliphatic carboxylic acids is 1. The average molecular weight is 276 g/mol. The summed E-state index contributed by atoms with van der Waals surface area (Å²) in [4.78, 5) is 17.0. The maximum Gasteiger partial charge on any atom is 0.303 e. The maximum absolute atomic E-state index is 10.5. The first-order valence-corrected chi connectivity index (χ1v) is 6.88. The van der Waals surface area contributed by atoms with Gasteiger partial charge in [-0.05, 0) is 24.3 Å². The number of carboxylic acid groups (broad SMARTS) is 1. The van der Waals surface area contributed by atoms with Gasteiger partial charge in [0.05, 0.1) is 12.1 Å². The van der Waals surface area contributed by atoms with Crippen LogP contribution in [0.3, 0.4) is 0 Å². The number of rotatable bonds is 5. The molecule has 0 spiro atoms. The standard InChI is InChI=1S/C14H16N2O2S/c1-16(2)12-6-3-10(4-7-12)14-15-11(9-19-14)5-8-13(17)18/h3-4,6-7,9H,5,8H2,1-2H3,(H,17,18). The van der Waals surface area contributed by atoms with Crippen molar-refractivity contribution in [2.75, 3.05) is 19.0 Å². The van der Waals surface area contributed by atoms with E-state index < -0.39 is 5.97 Å². The third-order valence-corrected chi connectivity index (χ3v) is 3.72. The second-order valence-corrected chi connectivity index (χ2v) is 5.34. The van der Waals surface area contributed by atoms with Crippen LogP contribution in [0.1, 0.15) is 12.1 Å². The fraction of sp³-hybridized carbons (Fsp3) is 0.286. The number of benzene rings is 1. The third kappa shape index (κ3) is 3.54. The highest BCUT2D eigenvalue weighted by molar-refractivity contribution is 7.13. The molecule has 0 saturated heterocycles. The Morgan fingerprint density at radius 3 is 2.58 bits per heavy atom. The van der Waals surface area contributed by atoms with Crippen molar-refractivity contribution < 1.29 is 9.90 Å². The van der Waals surface area contributed by atoms with Crippen molar-refractivity contribution in [1.29, 1.82) is 0 Å². The van der Waals surface area contributed by atoms with Gasteiger partial charge in [-0.2, -0.15) is 0 Å². The predicted molar refractivity (Wildman–Crippen MR) is 77.8 cm³/mol. The van der Waals surface area contributed by atoms with Gasteiger partial charge in [0.1, 0.15) is 5.01 Å². The van der Waals surface area contributed by atoms with Crippen molar-refractivity contribution >= 4 is 23.0 Å². The molecule has 2 aromatic rings. The number of nitrogens with zero attached hydrogens (tertiary/aromatic N) is 2. The van der Waals surface area contributed by atoms with E-state index >= 15 is 0 Å². The Balaban J connectivity index is 2.11. The van der Waals surface area contributed by atoms with Crippen molar-refractivity contribution in [3.8, 4) is 10.6 Å². The lowest BCUT2D eigenvalue weighted by Gasteiger charge is -2.11. The number of hydrogen-bond acceptors (Lipinski definition) is 4. The lowest BCUT2D eigenvalue weighted by Crippen LogP contribution is -2.07. The predicted octanol–water partition coefficient (Wildman–Crippen LogP) is 2.89. The van der Waals surface area contributed by atoms with Crippen molar-refractivity contribution in [2.45, 2.75) is 12.8 Å². The topological polar surface area (TPSA) is 53.4 Å². The maximum atomic E-state index is 10.5. The Morgan fingerprint density at radius 1 is 1.32 bits per heavy atom. The van der Waals surface area contributed by atoms with E-state index in [-0.39, 0.29) is 6.42 Å². The molecule has 1 aromatic heterocycles. The summed E-state index contributed by atoms with van der Waals surface area (Å²) in [6.45, 7) is 0. The number of aryl methyl sites for hydroxylation is 1. The van der Waals surface area contributed by atoms with E-state index in [0.717, 1.165) is 22.0 Å². The molecular formula is C14H16N2O2S. The lowest BCUT2D eigenvalue weighted by atomic mass is 10.2. The van der Waals surface area contributed by atoms with Crippen LogP contribution in [-0.4, -0.2) is 30.2 Å². The minimum atomic E-state index is -0.787. The summed E-state index contributed by atoms with van der Waals surface area (Å²) in [6, 6.07) is 8.17. The highest BCUT2D eigenvalue weighted by Gasteiger charge is 2.07. The minimum Gasteiger partial charge on any atom is -0.481 e. The first-order chi connectivity index (χ1) is 9.06. The van der Waals surface area contributed by atoms with Gasteiger partial charge in [-0.25, -0.2) is 4.98 Å². The summed E-state index contributed by atoms with van der Waals surface area (Å²) in [6.07, 6.45) is 0.615. The summed E-state index contributed by atoms with van der Waals surface area (Å²) >= 11 is 1.55. The summed E-state index contributed by atoms with van der Waals surface area (Å²) in [5.74, 6) is -0.787. The van der Waals surface area contributed by atoms with Crippen molar-refractivity contribution in [3.05, 3.63) is 35.3 Å². The SMILES string of the molecule is CN(C)c1ccc(-c2nc(CCC(=O)O)cs2)cc1. The quantitative estimate of drug-likeness (QED) is 0.912. The molecule has 0 amide bonds. The molecule has 0 aliphatic heterocycles. The Hall–Kier alpha value is -1.88. The molecule has 0 radical (unpaired) electrons. The summed E-state index contributed by atoms with van der Waals surface area (Å²) < 4.78 is 0. The third-order valence-electron chi connectivity index (χ3n) is 2.78. The summed E-state index contributed by atoms with van der Waals surface area (Å²) in [7, 11) is 4.00. The van der Waals surface area contributed by atoms with Gasteiger partial charge in [-0.3, -0.25) is 4.79 Å². The fourth-order valence-electron chi connectivity index (χ4n) is 1.69. The molecular weight excluding hydrogens is 260 g/mol. The smallest absolute Gasteiger partial charge is 0.303 e. The fourth-order valence-corrected chi connectivity index (χ4v) is 2.55. The second kappa shape index (κ2) is 5.84. The molecule has 4 nitrogen and oxygen atoms in total. The van der Waals surface area contributed by atoms with Gasteiger partial charge in [0, 0.05) is 37.1 Å². The van der Waals surface area contributed by atoms with Gasteiger partial charge < -0.3 is 10.0 Å². The van der Waals surface area contributed by atoms with Crippen LogP contribution in [0.4, 0.5) is 5.69 Å². The highest BCUT2D eigenvalue weighted by atomic mass is 32.1. The van der Waals surface area contributed by atoms with E-state index in [4.69, 9.17) is 5.11 Å². The van der Waals surface area contributed by atoms with Crippen LogP contribution >= 0.6 is 11.3 Å². The van der Waals surface area contributed by atoms with Crippen LogP contribution in [-0.2, 0) is 11.2 Å². The Bertz CT molecular complexity index is 561. The molecule has 0 bridgehead atoms. The van der Waals surface area contributed by atoms with Gasteiger partial charge >= 0.3 is 5.97 Å². The number of anilines is 1. The van der Waals surface area contributed by atoms with Crippen molar-refractivity contribution in [1.82, 2.24) is 4.98 Å². The minimum absolute atomic E-state index is 0.128. The largest absolute Gasteiger partial charge is 0.481 e. The molecule has 2 rings (SSSR count). The lowest BCUT2D eigenvalue weighted by molar-refractivity contribution is -0.136. The molecule has 0 unspecified atom stereocenters. The molecule has 1 N–H and O–H groups in total. The van der Waals surface area contributed by atoms with E-state index in [0.29, 0.717) is 6.42 Å². The van der Waals surface area contributed by atoms with Crippen molar-refractivity contribution in [3.63, 3.8) is 0 Å². The molecule has 0 fully saturated rings. The van der Waals surface area contributed by atoms with E-state index in [2.05, 4.69) is 4.98 Å². The monoisotopic (exact) mass is 276 g/mol. The first-order valence-electron chi connectivity index (χ1n) is 6.00. The van der Waals surface area contributed by atoms with Gasteiger partial charge in [0.15, 0.2) is 0 Å². The Morgan fingerprint density at radius 2 is 2.00 bits per heavy atom. The van der Waals surface area contributed by atoms with Gasteiger partial charge in [0.25, 0.3) is 0 Å². The van der Waals surface area contributed by atoms with Gasteiger partial charge in [0.2, 0.25) is 0 Å². The van der Waals surface area contributed by atoms with Gasteiger partial charge in [-0.1, -0.05) is 0 Å². The van der Waals surface area contributed by atoms with Crippen LogP contribution in [0.25, 0.3) is 10.6 Å². The molecule has 19 heavy (non-hydrogen) atoms. The van der Waals surface area contributed by atoms with E-state index in [1.807, 2.05) is 48.6 Å². The molecule has 1 aromatic carbocycles. The van der Waals surface area contributed by atoms with E-state index in [9.17, 15) is 4.79 Å². The summed E-state index contributed by atoms with van der Waals surface area (Å²) in [5.41, 5.74) is 3.06. The van der Waals surface area contributed by atoms with Crippen LogP contribution in [0.2, 0.25) is 0 Å². The zero-order chi connectivity index (χ0) is 13.8. The molecule has 0 saturated carbocycles. The van der Waals surface area contributed by atoms with Crippen LogP contribution < -0.4 is 4.90 Å². The number of carboxylic acids is 1. The van der Waals surface area contributed by atoms with Gasteiger partial charge in [-0.15, -0.1) is 11.3 Å². The molecule has 5 heteroatoms. The van der Waals surface area contributed by atoms with Crippen LogP contribution in [0.5, 0.6) is 0 Å². The van der Waals surface area contributed by atoms with Crippen molar-refractivity contribution in [2.24, 2.45) is 0 Å². The van der Waals surface area contributed by atoms with Crippen LogP contribution in [0, 0.1) is 0 Å². The average Bonchev–Trinajstić information content (AvgIpc) is 2.85. The molecule has 0 aliphatic rings. The number of aromatic nitrogens is 1. The number of carbonyl (C=O) groups is 1. The highest BCUT2D eigenvalue weighted by Crippen LogP contribution is 2.26. The zero-order valence-electron chi connectivity index (χ0n) is 11.0. The summed E-state index contributed by atoms with van der Waals surface area (Å²) in [5, 5.41) is 11.5. The van der Waals surface area contributed by atoms with Crippen LogP contribution in [0.15, 0.2) is 29.6 Å². The Labute approximate surface area is 116 Å². The Kier molecular flexibility index (Phi) is 4.16. The first kappa shape index (κ1) is 13.5. The second-order valence-electron chi connectivity index (χ2n) is 4.48. The molecule has 0 aliphatic carbocycles. The van der Waals surface area contributed by atoms with E-state index in [1.165, 1.54) is 0 Å². The number of thiazole rings is 1. The molecule has 0 atom stereocenters. The zero-order valence-corrected chi connectivity index (χ0v) is 11.8. The normalized spacial score (nSPS) is 10.4. The molecule has 1 heterocycles. The molecule has 100 valence electrons. The van der Waals surface area contributed by atoms with E-state index in [1.54, 1.807) is 11.3 Å².